The van der Waals surface area contributed by atoms with Gasteiger partial charge in [-0.05, 0) is 43.7 Å². The van der Waals surface area contributed by atoms with Crippen LogP contribution in [-0.2, 0) is 17.4 Å². The number of halogens is 1. The molecule has 188 valence electrons. The van der Waals surface area contributed by atoms with Gasteiger partial charge in [-0.3, -0.25) is 4.79 Å². The number of hydrogen-bond acceptors (Lipinski definition) is 7. The lowest BCUT2D eigenvalue weighted by molar-refractivity contribution is -0.269. The highest BCUT2D eigenvalue weighted by Gasteiger charge is 2.41. The average molecular weight is 495 g/mol. The zero-order chi connectivity index (χ0) is 25.0. The number of nitrogens with zero attached hydrogens (tertiary/aromatic N) is 2. The first-order chi connectivity index (χ1) is 17.3. The fraction of sp³-hybridized carbons (Fsp3) is 0.407. The molecule has 1 saturated heterocycles. The van der Waals surface area contributed by atoms with E-state index in [0.717, 1.165) is 43.7 Å². The van der Waals surface area contributed by atoms with Gasteiger partial charge in [0.2, 0.25) is 5.43 Å². The summed E-state index contributed by atoms with van der Waals surface area (Å²) < 4.78 is 28.2. The number of pyridine rings is 1. The third-order valence-corrected chi connectivity index (χ3v) is 7.29. The molecule has 3 aromatic rings. The summed E-state index contributed by atoms with van der Waals surface area (Å²) in [6.45, 7) is 0.963. The number of ether oxygens (including phenoxy) is 2. The monoisotopic (exact) mass is 494 g/mol. The van der Waals surface area contributed by atoms with E-state index in [0.29, 0.717) is 18.7 Å². The summed E-state index contributed by atoms with van der Waals surface area (Å²) in [5.74, 6) is -0.546. The number of fused-ring (bicyclic) bond motifs is 5. The van der Waals surface area contributed by atoms with Crippen molar-refractivity contribution in [2.24, 2.45) is 0 Å². The van der Waals surface area contributed by atoms with Crippen LogP contribution in [0.4, 0.5) is 10.1 Å². The topological polar surface area (TPSA) is 101 Å². The average Bonchev–Trinajstić information content (AvgIpc) is 3.72. The van der Waals surface area contributed by atoms with Gasteiger partial charge < -0.3 is 29.2 Å². The van der Waals surface area contributed by atoms with Crippen molar-refractivity contribution >= 4 is 22.6 Å². The maximum Gasteiger partial charge on any atom is 0.345 e. The smallest absolute Gasteiger partial charge is 0.345 e. The molecular formula is C27H27FN2O6. The number of carbonyl (C=O) groups excluding carboxylic acids is 1. The summed E-state index contributed by atoms with van der Waals surface area (Å²) in [6.07, 6.45) is 5.93. The number of hydrogen-bond donors (Lipinski definition) is 2. The van der Waals surface area contributed by atoms with Crippen LogP contribution in [0.3, 0.4) is 0 Å². The lowest BCUT2D eigenvalue weighted by Crippen LogP contribution is -2.47. The van der Waals surface area contributed by atoms with Crippen LogP contribution < -0.4 is 15.1 Å². The second-order valence-electron chi connectivity index (χ2n) is 9.81. The van der Waals surface area contributed by atoms with E-state index < -0.39 is 23.0 Å². The molecule has 2 fully saturated rings. The first-order valence-corrected chi connectivity index (χ1v) is 12.3. The van der Waals surface area contributed by atoms with Crippen LogP contribution in [0.25, 0.3) is 10.9 Å². The molecular weight excluding hydrogens is 467 g/mol. The highest BCUT2D eigenvalue weighted by atomic mass is 19.2. The largest absolute Gasteiger partial charge is 0.487 e. The van der Waals surface area contributed by atoms with E-state index in [1.165, 1.54) is 6.20 Å². The Kier molecular flexibility index (Phi) is 5.49. The molecule has 1 aliphatic carbocycles. The number of aliphatic hydroxyl groups is 2. The third-order valence-electron chi connectivity index (χ3n) is 7.29. The summed E-state index contributed by atoms with van der Waals surface area (Å²) in [4.78, 5) is 28.5. The van der Waals surface area contributed by atoms with E-state index in [1.807, 2.05) is 39.8 Å². The Hall–Kier alpha value is -3.43. The highest BCUT2D eigenvalue weighted by molar-refractivity contribution is 5.99. The normalized spacial score (nSPS) is 19.4. The molecule has 8 nitrogen and oxygen atoms in total. The molecule has 1 saturated carbocycles. The lowest BCUT2D eigenvalue weighted by atomic mass is 9.95. The van der Waals surface area contributed by atoms with Crippen molar-refractivity contribution in [3.63, 3.8) is 0 Å². The fourth-order valence-electron chi connectivity index (χ4n) is 5.37. The molecule has 1 aromatic heterocycles. The molecule has 1 unspecified atom stereocenters. The molecule has 1 atom stereocenters. The number of carbonyl (C=O) groups is 1. The van der Waals surface area contributed by atoms with E-state index in [9.17, 15) is 24.2 Å². The van der Waals surface area contributed by atoms with Gasteiger partial charge >= 0.3 is 12.0 Å². The van der Waals surface area contributed by atoms with E-state index in [4.69, 9.17) is 9.47 Å². The van der Waals surface area contributed by atoms with Gasteiger partial charge in [-0.2, -0.15) is 4.39 Å². The number of rotatable bonds is 5. The van der Waals surface area contributed by atoms with Crippen LogP contribution >= 0.6 is 0 Å². The quantitative estimate of drug-likeness (QED) is 0.414. The predicted octanol–water partition coefficient (Wildman–Crippen LogP) is 3.51. The summed E-state index contributed by atoms with van der Waals surface area (Å²) >= 11 is 0. The van der Waals surface area contributed by atoms with E-state index >= 15 is 0 Å². The van der Waals surface area contributed by atoms with E-state index in [1.54, 1.807) is 0 Å². The number of aromatic nitrogens is 1. The first-order valence-electron chi connectivity index (χ1n) is 12.3. The summed E-state index contributed by atoms with van der Waals surface area (Å²) in [7, 11) is 0. The number of anilines is 1. The molecule has 0 bridgehead atoms. The number of esters is 1. The second-order valence-corrected chi connectivity index (χ2v) is 9.81. The highest BCUT2D eigenvalue weighted by Crippen LogP contribution is 2.49. The molecule has 2 aromatic carbocycles. The van der Waals surface area contributed by atoms with Crippen molar-refractivity contribution in [2.45, 2.75) is 56.8 Å². The Morgan fingerprint density at radius 2 is 1.92 bits per heavy atom. The minimum absolute atomic E-state index is 0.00362. The summed E-state index contributed by atoms with van der Waals surface area (Å²) in [5, 5.41) is 20.1. The molecule has 3 heterocycles. The zero-order valence-corrected chi connectivity index (χ0v) is 19.7. The molecule has 9 heteroatoms. The van der Waals surface area contributed by atoms with Crippen molar-refractivity contribution in [3.8, 4) is 5.75 Å². The van der Waals surface area contributed by atoms with Crippen LogP contribution in [0.2, 0.25) is 0 Å². The van der Waals surface area contributed by atoms with Crippen molar-refractivity contribution in [2.75, 3.05) is 18.1 Å². The molecule has 36 heavy (non-hydrogen) atoms. The number of piperidine rings is 1. The maximum absolute atomic E-state index is 14.8. The van der Waals surface area contributed by atoms with Crippen LogP contribution in [0, 0.1) is 0 Å². The van der Waals surface area contributed by atoms with E-state index in [-0.39, 0.29) is 41.1 Å². The number of alkyl halides is 1. The van der Waals surface area contributed by atoms with Gasteiger partial charge in [0.25, 0.3) is 0 Å². The van der Waals surface area contributed by atoms with Crippen molar-refractivity contribution in [1.29, 1.82) is 0 Å². The molecule has 6 rings (SSSR count). The summed E-state index contributed by atoms with van der Waals surface area (Å²) in [6, 6.07) is 6.61. The predicted molar refractivity (Wildman–Crippen MR) is 130 cm³/mol. The van der Waals surface area contributed by atoms with Gasteiger partial charge in [-0.1, -0.05) is 30.3 Å². The first kappa shape index (κ1) is 23.0. The Bertz CT molecular complexity index is 1390. The van der Waals surface area contributed by atoms with Crippen LogP contribution in [0.5, 0.6) is 5.75 Å². The van der Waals surface area contributed by atoms with Crippen molar-refractivity contribution in [1.82, 2.24) is 4.57 Å². The molecule has 0 radical (unpaired) electrons. The minimum Gasteiger partial charge on any atom is -0.487 e. The van der Waals surface area contributed by atoms with Crippen molar-refractivity contribution in [3.05, 3.63) is 69.5 Å². The van der Waals surface area contributed by atoms with Crippen molar-refractivity contribution < 1.29 is 28.9 Å². The Labute approximate surface area is 206 Å². The van der Waals surface area contributed by atoms with Crippen LogP contribution in [0.1, 0.15) is 59.6 Å². The molecule has 2 N–H and O–H groups in total. The molecule has 2 aliphatic heterocycles. The van der Waals surface area contributed by atoms with Gasteiger partial charge in [0, 0.05) is 18.8 Å². The van der Waals surface area contributed by atoms with Gasteiger partial charge in [0.1, 0.15) is 18.8 Å². The van der Waals surface area contributed by atoms with Crippen LogP contribution in [0.15, 0.2) is 47.4 Å². The minimum atomic E-state index is -3.69. The fourth-order valence-corrected chi connectivity index (χ4v) is 5.37. The summed E-state index contributed by atoms with van der Waals surface area (Å²) in [5.41, 5.74) is 0.165. The van der Waals surface area contributed by atoms with Gasteiger partial charge in [0.15, 0.2) is 5.75 Å². The zero-order valence-electron chi connectivity index (χ0n) is 19.7. The van der Waals surface area contributed by atoms with E-state index in [2.05, 4.69) is 0 Å². The number of benzene rings is 2. The molecule has 3 aliphatic rings. The lowest BCUT2D eigenvalue weighted by Gasteiger charge is -2.43. The standard InChI is InChI=1S/C27H27FN2O6/c28-27(33,34)21-12-19-22(25-23(21)29-11-5-4-8-18(29)15-35-25)30(17-9-10-17)13-20(24(19)31)26(32)36-14-16-6-2-1-3-7-16/h1-3,6-7,12-13,17-18,33-34H,4-5,8-11,14-15H2. The second kappa shape index (κ2) is 8.60. The Morgan fingerprint density at radius 1 is 1.14 bits per heavy atom. The Morgan fingerprint density at radius 3 is 2.64 bits per heavy atom. The SMILES string of the molecule is O=C(OCc1ccccc1)c1cn(C2CC2)c2c3c(c(C(O)(O)F)cc2c1=O)N1CCCCC1CO3. The molecule has 0 amide bonds. The Balaban J connectivity index is 1.52. The van der Waals surface area contributed by atoms with Gasteiger partial charge in [0.05, 0.1) is 28.2 Å². The third kappa shape index (κ3) is 3.92. The van der Waals surface area contributed by atoms with Crippen LogP contribution in [-0.4, -0.2) is 39.9 Å². The van der Waals surface area contributed by atoms with Gasteiger partial charge in [-0.15, -0.1) is 0 Å². The maximum atomic E-state index is 14.8. The van der Waals surface area contributed by atoms with Gasteiger partial charge in [-0.25, -0.2) is 4.79 Å². The molecule has 0 spiro atoms.